The first-order chi connectivity index (χ1) is 15.6. The highest BCUT2D eigenvalue weighted by molar-refractivity contribution is 7.66. The summed E-state index contributed by atoms with van der Waals surface area (Å²) in [5, 5.41) is 20.5. The van der Waals surface area contributed by atoms with E-state index >= 15 is 0 Å². The zero-order chi connectivity index (χ0) is 25.5. The number of H-pyrrole nitrogens is 1. The van der Waals surface area contributed by atoms with Gasteiger partial charge < -0.3 is 34.5 Å². The summed E-state index contributed by atoms with van der Waals surface area (Å²) in [7, 11) is -16.8. The minimum atomic E-state index is -5.74. The number of nitrogens with zero attached hydrogens (tertiary/aromatic N) is 1. The van der Waals surface area contributed by atoms with E-state index in [1.54, 1.807) is 0 Å². The third-order valence-electron chi connectivity index (χ3n) is 5.20. The van der Waals surface area contributed by atoms with Crippen LogP contribution in [-0.4, -0.2) is 64.3 Å². The summed E-state index contributed by atoms with van der Waals surface area (Å²) < 4.78 is 52.0. The Hall–Kier alpha value is -1.03. The van der Waals surface area contributed by atoms with Crippen molar-refractivity contribution < 1.29 is 61.4 Å². The summed E-state index contributed by atoms with van der Waals surface area (Å²) in [5.41, 5.74) is -1.76. The molecule has 0 bridgehead atoms. The van der Waals surface area contributed by atoms with Gasteiger partial charge in [-0.15, -0.1) is 0 Å². The lowest BCUT2D eigenvalue weighted by molar-refractivity contribution is -0.0228. The van der Waals surface area contributed by atoms with Crippen molar-refractivity contribution in [1.82, 2.24) is 9.55 Å². The molecule has 34 heavy (non-hydrogen) atoms. The van der Waals surface area contributed by atoms with Gasteiger partial charge in [0, 0.05) is 12.7 Å². The number of phosphoric acid groups is 3. The van der Waals surface area contributed by atoms with Crippen molar-refractivity contribution in [3.63, 3.8) is 0 Å². The van der Waals surface area contributed by atoms with Crippen LogP contribution in [0.15, 0.2) is 15.8 Å². The van der Waals surface area contributed by atoms with Gasteiger partial charge in [0.15, 0.2) is 0 Å². The van der Waals surface area contributed by atoms with E-state index < -0.39 is 65.7 Å². The second-order valence-electron chi connectivity index (χ2n) is 7.76. The molecule has 1 aliphatic heterocycles. The van der Waals surface area contributed by atoms with Gasteiger partial charge >= 0.3 is 29.2 Å². The first-order valence-electron chi connectivity index (χ1n) is 9.70. The van der Waals surface area contributed by atoms with Crippen molar-refractivity contribution in [2.75, 3.05) is 6.61 Å². The maximum absolute atomic E-state index is 12.3. The maximum Gasteiger partial charge on any atom is 0.490 e. The molecule has 7 N–H and O–H groups in total. The Bertz CT molecular complexity index is 1160. The molecule has 6 atom stereocenters. The number of aromatic nitrogens is 2. The molecule has 20 heteroatoms. The van der Waals surface area contributed by atoms with Crippen LogP contribution in [0.2, 0.25) is 0 Å². The predicted octanol–water partition coefficient (Wildman–Crippen LogP) is -1.16. The van der Waals surface area contributed by atoms with Crippen molar-refractivity contribution in [2.45, 2.75) is 50.2 Å². The summed E-state index contributed by atoms with van der Waals surface area (Å²) in [4.78, 5) is 62.1. The highest BCUT2D eigenvalue weighted by atomic mass is 31.3. The van der Waals surface area contributed by atoms with Gasteiger partial charge in [0.25, 0.3) is 5.56 Å². The van der Waals surface area contributed by atoms with Crippen molar-refractivity contribution in [2.24, 2.45) is 5.92 Å². The fraction of sp³-hybridized carbons (Fsp3) is 0.714. The Balaban J connectivity index is 1.69. The quantitative estimate of drug-likeness (QED) is 0.169. The van der Waals surface area contributed by atoms with Crippen LogP contribution >= 0.6 is 23.5 Å². The SMILES string of the molecule is O=c1[nH]c(=O)n(CC2CCC2)cc1[C@@H]1O[C@H](COP(=O)(O)OP(=O)(O)OP(=O)(O)O)[C@@H](O)[C@H]1O. The first kappa shape index (κ1) is 27.6. The van der Waals surface area contributed by atoms with Crippen LogP contribution in [0.25, 0.3) is 0 Å². The molecule has 0 radical (unpaired) electrons. The van der Waals surface area contributed by atoms with E-state index in [4.69, 9.17) is 19.4 Å². The molecule has 1 saturated heterocycles. The lowest BCUT2D eigenvalue weighted by Crippen LogP contribution is -2.37. The molecule has 2 unspecified atom stereocenters. The molecule has 0 amide bonds. The maximum atomic E-state index is 12.3. The number of aliphatic hydroxyl groups is 2. The van der Waals surface area contributed by atoms with Gasteiger partial charge in [-0.05, 0) is 18.8 Å². The minimum Gasteiger partial charge on any atom is -0.387 e. The van der Waals surface area contributed by atoms with Crippen LogP contribution < -0.4 is 11.2 Å². The third kappa shape index (κ3) is 7.02. The van der Waals surface area contributed by atoms with Crippen molar-refractivity contribution in [3.05, 3.63) is 32.6 Å². The van der Waals surface area contributed by atoms with Crippen LogP contribution in [0.3, 0.4) is 0 Å². The average molecular weight is 552 g/mol. The summed E-state index contributed by atoms with van der Waals surface area (Å²) in [5.74, 6) is 0.244. The molecule has 0 aromatic carbocycles. The molecular formula is C14H23N2O15P3. The Labute approximate surface area is 190 Å². The van der Waals surface area contributed by atoms with Gasteiger partial charge in [-0.1, -0.05) is 6.42 Å². The standard InChI is InChI=1S/C14H23N2O15P3/c17-10-9(6-28-33(24,25)31-34(26,27)30-32(21,22)23)29-12(11(10)18)8-5-16(4-7-2-1-3-7)14(20)15-13(8)19/h5,7,9-12,17-18H,1-4,6H2,(H,24,25)(H,26,27)(H,15,19,20)(H2,21,22,23)/t9-,10-,11-,12+/m1/s1. The second kappa shape index (κ2) is 10.1. The molecule has 1 aromatic heterocycles. The zero-order valence-electron chi connectivity index (χ0n) is 17.1. The van der Waals surface area contributed by atoms with Gasteiger partial charge in [0.2, 0.25) is 0 Å². The Kier molecular flexibility index (Phi) is 8.22. The average Bonchev–Trinajstić information content (AvgIpc) is 2.90. The molecule has 1 aromatic rings. The molecular weight excluding hydrogens is 529 g/mol. The number of aromatic amines is 1. The number of hydrogen-bond donors (Lipinski definition) is 7. The van der Waals surface area contributed by atoms with Crippen molar-refractivity contribution in [1.29, 1.82) is 0 Å². The highest BCUT2D eigenvalue weighted by Crippen LogP contribution is 2.66. The van der Waals surface area contributed by atoms with Crippen molar-refractivity contribution in [3.8, 4) is 0 Å². The number of nitrogens with one attached hydrogen (secondary N) is 1. The number of rotatable bonds is 10. The molecule has 17 nitrogen and oxygen atoms in total. The van der Waals surface area contributed by atoms with E-state index in [9.17, 15) is 38.4 Å². The Morgan fingerprint density at radius 2 is 1.68 bits per heavy atom. The fourth-order valence-electron chi connectivity index (χ4n) is 3.43. The van der Waals surface area contributed by atoms with Crippen LogP contribution in [0.4, 0.5) is 0 Å². The lowest BCUT2D eigenvalue weighted by atomic mass is 9.85. The van der Waals surface area contributed by atoms with Gasteiger partial charge in [-0.3, -0.25) is 18.9 Å². The van der Waals surface area contributed by atoms with E-state index in [0.717, 1.165) is 19.3 Å². The molecule has 1 aliphatic carbocycles. The predicted molar refractivity (Wildman–Crippen MR) is 108 cm³/mol. The Morgan fingerprint density at radius 3 is 2.24 bits per heavy atom. The topological polar surface area (TPSA) is 264 Å². The smallest absolute Gasteiger partial charge is 0.387 e. The summed E-state index contributed by atoms with van der Waals surface area (Å²) in [6, 6.07) is 0. The monoisotopic (exact) mass is 552 g/mol. The Morgan fingerprint density at radius 1 is 1.03 bits per heavy atom. The van der Waals surface area contributed by atoms with Crippen LogP contribution in [0.1, 0.15) is 30.9 Å². The fourth-order valence-corrected chi connectivity index (χ4v) is 6.46. The van der Waals surface area contributed by atoms with Gasteiger partial charge in [-0.2, -0.15) is 8.62 Å². The summed E-state index contributed by atoms with van der Waals surface area (Å²) >= 11 is 0. The number of aliphatic hydroxyl groups excluding tert-OH is 2. The first-order valence-corrected chi connectivity index (χ1v) is 14.2. The number of ether oxygens (including phenoxy) is 1. The van der Waals surface area contributed by atoms with Gasteiger partial charge in [-0.25, -0.2) is 18.5 Å². The largest absolute Gasteiger partial charge is 0.490 e. The molecule has 1 saturated carbocycles. The molecule has 2 aliphatic rings. The summed E-state index contributed by atoms with van der Waals surface area (Å²) in [6.07, 6.45) is -2.52. The minimum absolute atomic E-state index is 0.202. The van der Waals surface area contributed by atoms with Crippen LogP contribution in [-0.2, 0) is 38.1 Å². The molecule has 2 fully saturated rings. The molecule has 2 heterocycles. The molecule has 3 rings (SSSR count). The van der Waals surface area contributed by atoms with E-state index in [-0.39, 0.29) is 11.5 Å². The molecule has 0 spiro atoms. The normalized spacial score (nSPS) is 29.4. The van der Waals surface area contributed by atoms with Gasteiger partial charge in [0.1, 0.15) is 24.4 Å². The highest BCUT2D eigenvalue weighted by Gasteiger charge is 2.47. The van der Waals surface area contributed by atoms with Crippen LogP contribution in [0.5, 0.6) is 0 Å². The van der Waals surface area contributed by atoms with E-state index in [2.05, 4.69) is 18.1 Å². The third-order valence-corrected chi connectivity index (χ3v) is 9.01. The molecule has 194 valence electrons. The number of hydrogen-bond acceptors (Lipinski definition) is 11. The zero-order valence-corrected chi connectivity index (χ0v) is 19.8. The van der Waals surface area contributed by atoms with E-state index in [1.807, 2.05) is 0 Å². The lowest BCUT2D eigenvalue weighted by Gasteiger charge is -2.26. The summed E-state index contributed by atoms with van der Waals surface area (Å²) in [6.45, 7) is -0.707. The van der Waals surface area contributed by atoms with Crippen LogP contribution in [0, 0.1) is 5.92 Å². The number of phosphoric ester groups is 1. The van der Waals surface area contributed by atoms with E-state index in [1.165, 1.54) is 10.8 Å². The second-order valence-corrected chi connectivity index (χ2v) is 12.2. The van der Waals surface area contributed by atoms with Gasteiger partial charge in [0.05, 0.1) is 12.2 Å². The van der Waals surface area contributed by atoms with E-state index in [0.29, 0.717) is 6.54 Å². The van der Waals surface area contributed by atoms with Crippen molar-refractivity contribution >= 4 is 23.5 Å².